The molecule has 5 nitrogen and oxygen atoms in total. The second-order valence-electron chi connectivity index (χ2n) is 5.91. The van der Waals surface area contributed by atoms with Crippen LogP contribution in [0.1, 0.15) is 21.5 Å². The van der Waals surface area contributed by atoms with Gasteiger partial charge in [0.15, 0.2) is 0 Å². The Morgan fingerprint density at radius 1 is 0.931 bits per heavy atom. The van der Waals surface area contributed by atoms with Crippen molar-refractivity contribution in [3.8, 4) is 5.75 Å². The Bertz CT molecular complexity index is 1050. The van der Waals surface area contributed by atoms with Crippen molar-refractivity contribution in [1.82, 2.24) is 5.43 Å². The van der Waals surface area contributed by atoms with Crippen molar-refractivity contribution < 1.29 is 14.3 Å². The largest absolute Gasteiger partial charge is 0.423 e. The van der Waals surface area contributed by atoms with E-state index in [9.17, 15) is 9.59 Å². The summed E-state index contributed by atoms with van der Waals surface area (Å²) >= 11 is 3.38. The summed E-state index contributed by atoms with van der Waals surface area (Å²) in [6.07, 6.45) is 4.46. The lowest BCUT2D eigenvalue weighted by molar-refractivity contribution is -0.128. The zero-order chi connectivity index (χ0) is 20.5. The van der Waals surface area contributed by atoms with Gasteiger partial charge >= 0.3 is 5.97 Å². The minimum atomic E-state index is -0.515. The van der Waals surface area contributed by atoms with Crippen LogP contribution < -0.4 is 10.2 Å². The van der Waals surface area contributed by atoms with E-state index in [1.54, 1.807) is 48.5 Å². The van der Waals surface area contributed by atoms with Gasteiger partial charge in [-0.2, -0.15) is 5.10 Å². The summed E-state index contributed by atoms with van der Waals surface area (Å²) in [4.78, 5) is 24.2. The summed E-state index contributed by atoms with van der Waals surface area (Å²) < 4.78 is 6.20. The number of hydrogen-bond acceptors (Lipinski definition) is 4. The highest BCUT2D eigenvalue weighted by atomic mass is 79.9. The maximum absolute atomic E-state index is 12.2. The van der Waals surface area contributed by atoms with E-state index < -0.39 is 5.97 Å². The molecule has 3 rings (SSSR count). The minimum Gasteiger partial charge on any atom is -0.423 e. The van der Waals surface area contributed by atoms with Gasteiger partial charge in [-0.25, -0.2) is 10.2 Å². The average Bonchev–Trinajstić information content (AvgIpc) is 2.75. The number of carbonyl (C=O) groups excluding carboxylic acids is 2. The van der Waals surface area contributed by atoms with Gasteiger partial charge in [0.05, 0.1) is 6.21 Å². The Balaban J connectivity index is 1.68. The third kappa shape index (κ3) is 6.26. The first kappa shape index (κ1) is 20.2. The molecule has 0 aliphatic rings. The zero-order valence-electron chi connectivity index (χ0n) is 15.3. The molecular formula is C23H17BrN2O3. The van der Waals surface area contributed by atoms with Gasteiger partial charge in [0.2, 0.25) is 0 Å². The predicted molar refractivity (Wildman–Crippen MR) is 117 cm³/mol. The summed E-state index contributed by atoms with van der Waals surface area (Å²) in [6.45, 7) is 0. The predicted octanol–water partition coefficient (Wildman–Crippen LogP) is 4.83. The molecule has 0 radical (unpaired) electrons. The number of hydrogen-bond donors (Lipinski definition) is 1. The minimum absolute atomic E-state index is 0.327. The first-order valence-corrected chi connectivity index (χ1v) is 9.54. The Hall–Kier alpha value is -3.51. The number of hydrazone groups is 1. The molecule has 0 aliphatic carbocycles. The van der Waals surface area contributed by atoms with Crippen LogP contribution in [-0.2, 0) is 4.79 Å². The van der Waals surface area contributed by atoms with E-state index >= 15 is 0 Å². The van der Waals surface area contributed by atoms with Crippen molar-refractivity contribution in [2.24, 2.45) is 5.10 Å². The number of esters is 1. The molecule has 1 N–H and O–H groups in total. The summed E-state index contributed by atoms with van der Waals surface area (Å²) in [7, 11) is 0. The standard InChI is InChI=1S/C23H17BrN2O3/c24-20-12-13-21(29-22(27)14-11-17-7-3-1-4-8-17)19(15-20)16-25-26-23(28)18-9-5-2-6-10-18/h1-16H,(H,26,28). The van der Waals surface area contributed by atoms with Gasteiger partial charge in [0.1, 0.15) is 5.75 Å². The van der Waals surface area contributed by atoms with Crippen LogP contribution in [0.15, 0.2) is 94.5 Å². The first-order chi connectivity index (χ1) is 14.1. The Morgan fingerprint density at radius 2 is 1.62 bits per heavy atom. The van der Waals surface area contributed by atoms with Crippen molar-refractivity contribution in [2.75, 3.05) is 0 Å². The molecule has 0 heterocycles. The van der Waals surface area contributed by atoms with Gasteiger partial charge in [0.25, 0.3) is 5.91 Å². The van der Waals surface area contributed by atoms with E-state index in [4.69, 9.17) is 4.74 Å². The topological polar surface area (TPSA) is 67.8 Å². The van der Waals surface area contributed by atoms with E-state index in [2.05, 4.69) is 26.5 Å². The highest BCUT2D eigenvalue weighted by Gasteiger charge is 2.08. The van der Waals surface area contributed by atoms with Crippen LogP contribution in [0.4, 0.5) is 0 Å². The van der Waals surface area contributed by atoms with Crippen molar-refractivity contribution in [2.45, 2.75) is 0 Å². The second-order valence-corrected chi connectivity index (χ2v) is 6.83. The monoisotopic (exact) mass is 448 g/mol. The SMILES string of the molecule is O=C(C=Cc1ccccc1)Oc1ccc(Br)cc1C=NNC(=O)c1ccccc1. The number of nitrogens with one attached hydrogen (secondary N) is 1. The molecule has 0 unspecified atom stereocenters. The fourth-order valence-corrected chi connectivity index (χ4v) is 2.78. The average molecular weight is 449 g/mol. The summed E-state index contributed by atoms with van der Waals surface area (Å²) in [5.41, 5.74) is 4.38. The molecule has 0 aromatic heterocycles. The fourth-order valence-electron chi connectivity index (χ4n) is 2.40. The smallest absolute Gasteiger partial charge is 0.336 e. The second kappa shape index (κ2) is 10.1. The van der Waals surface area contributed by atoms with Crippen LogP contribution in [0, 0.1) is 0 Å². The molecule has 144 valence electrons. The molecule has 3 aromatic carbocycles. The van der Waals surface area contributed by atoms with Crippen LogP contribution in [0.2, 0.25) is 0 Å². The summed E-state index contributed by atoms with van der Waals surface area (Å²) in [6, 6.07) is 23.3. The molecule has 1 amide bonds. The highest BCUT2D eigenvalue weighted by Crippen LogP contribution is 2.22. The van der Waals surface area contributed by atoms with Crippen molar-refractivity contribution in [3.63, 3.8) is 0 Å². The third-order valence-corrected chi connectivity index (χ3v) is 4.29. The van der Waals surface area contributed by atoms with Crippen LogP contribution in [0.5, 0.6) is 5.75 Å². The molecule has 0 spiro atoms. The maximum Gasteiger partial charge on any atom is 0.336 e. The van der Waals surface area contributed by atoms with Gasteiger partial charge in [-0.1, -0.05) is 64.5 Å². The lowest BCUT2D eigenvalue weighted by Gasteiger charge is -2.06. The molecule has 6 heteroatoms. The van der Waals surface area contributed by atoms with Gasteiger partial charge < -0.3 is 4.74 Å². The van der Waals surface area contributed by atoms with Crippen molar-refractivity contribution >= 4 is 40.1 Å². The molecular weight excluding hydrogens is 432 g/mol. The number of benzene rings is 3. The molecule has 29 heavy (non-hydrogen) atoms. The summed E-state index contributed by atoms with van der Waals surface area (Å²) in [5, 5.41) is 3.97. The Kier molecular flexibility index (Phi) is 7.08. The molecule has 0 bridgehead atoms. The Labute approximate surface area is 176 Å². The van der Waals surface area contributed by atoms with E-state index in [0.29, 0.717) is 16.9 Å². The normalized spacial score (nSPS) is 10.9. The van der Waals surface area contributed by atoms with Crippen LogP contribution in [0.3, 0.4) is 0 Å². The number of rotatable bonds is 6. The number of nitrogens with zero attached hydrogens (tertiary/aromatic N) is 1. The molecule has 0 saturated carbocycles. The lowest BCUT2D eigenvalue weighted by Crippen LogP contribution is -2.17. The third-order valence-electron chi connectivity index (χ3n) is 3.80. The first-order valence-electron chi connectivity index (χ1n) is 8.75. The summed E-state index contributed by atoms with van der Waals surface area (Å²) in [5.74, 6) is -0.519. The number of amides is 1. The quantitative estimate of drug-likeness (QED) is 0.193. The highest BCUT2D eigenvalue weighted by molar-refractivity contribution is 9.10. The van der Waals surface area contributed by atoms with E-state index in [1.165, 1.54) is 12.3 Å². The van der Waals surface area contributed by atoms with Crippen molar-refractivity contribution in [1.29, 1.82) is 0 Å². The van der Waals surface area contributed by atoms with E-state index in [1.807, 2.05) is 36.4 Å². The molecule has 0 saturated heterocycles. The number of halogens is 1. The fraction of sp³-hybridized carbons (Fsp3) is 0. The number of carbonyl (C=O) groups is 2. The van der Waals surface area contributed by atoms with Crippen LogP contribution in [-0.4, -0.2) is 18.1 Å². The van der Waals surface area contributed by atoms with E-state index in [0.717, 1.165) is 10.0 Å². The number of ether oxygens (including phenoxy) is 1. The molecule has 3 aromatic rings. The van der Waals surface area contributed by atoms with Gasteiger partial charge in [0, 0.05) is 21.7 Å². The molecule has 0 aliphatic heterocycles. The molecule has 0 fully saturated rings. The zero-order valence-corrected chi connectivity index (χ0v) is 16.9. The van der Waals surface area contributed by atoms with Gasteiger partial charge in [-0.15, -0.1) is 0 Å². The Morgan fingerprint density at radius 3 is 2.34 bits per heavy atom. The van der Waals surface area contributed by atoms with Crippen LogP contribution in [0.25, 0.3) is 6.08 Å². The van der Waals surface area contributed by atoms with E-state index in [-0.39, 0.29) is 5.91 Å². The van der Waals surface area contributed by atoms with Crippen LogP contribution >= 0.6 is 15.9 Å². The molecule has 0 atom stereocenters. The lowest BCUT2D eigenvalue weighted by atomic mass is 10.2. The van der Waals surface area contributed by atoms with Gasteiger partial charge in [-0.05, 0) is 42.0 Å². The maximum atomic E-state index is 12.2. The van der Waals surface area contributed by atoms with Gasteiger partial charge in [-0.3, -0.25) is 4.79 Å². The van der Waals surface area contributed by atoms with Crippen molar-refractivity contribution in [3.05, 3.63) is 106 Å².